The monoisotopic (exact) mass is 497 g/mol. The van der Waals surface area contributed by atoms with Gasteiger partial charge in [0.25, 0.3) is 5.91 Å². The summed E-state index contributed by atoms with van der Waals surface area (Å²) in [5, 5.41) is 23.8. The molecule has 174 valence electrons. The predicted molar refractivity (Wildman–Crippen MR) is 114 cm³/mol. The van der Waals surface area contributed by atoms with Gasteiger partial charge in [0.05, 0.1) is 10.8 Å². The van der Waals surface area contributed by atoms with Crippen LogP contribution in [0.5, 0.6) is 5.75 Å². The van der Waals surface area contributed by atoms with Gasteiger partial charge in [0.1, 0.15) is 12.3 Å². The molecule has 0 radical (unpaired) electrons. The number of hydrogen-bond donors (Lipinski definition) is 2. The predicted octanol–water partition coefficient (Wildman–Crippen LogP) is 1.76. The highest BCUT2D eigenvalue weighted by Crippen LogP contribution is 2.26. The zero-order valence-corrected chi connectivity index (χ0v) is 18.6. The highest BCUT2D eigenvalue weighted by atomic mass is 35.5. The van der Waals surface area contributed by atoms with Crippen LogP contribution in [0.15, 0.2) is 28.8 Å². The minimum Gasteiger partial charge on any atom is -0.484 e. The molecule has 0 fully saturated rings. The van der Waals surface area contributed by atoms with Crippen LogP contribution in [0.4, 0.5) is 5.82 Å². The Morgan fingerprint density at radius 2 is 2.03 bits per heavy atom. The van der Waals surface area contributed by atoms with Crippen molar-refractivity contribution in [2.24, 2.45) is 0 Å². The fourth-order valence-corrected chi connectivity index (χ4v) is 2.92. The van der Waals surface area contributed by atoms with Crippen molar-refractivity contribution in [2.75, 3.05) is 19.7 Å². The fraction of sp³-hybridized carbons (Fsp3) is 0.278. The number of nitro groups is 1. The van der Waals surface area contributed by atoms with Gasteiger partial charge in [-0.05, 0) is 30.0 Å². The van der Waals surface area contributed by atoms with Crippen LogP contribution in [-0.2, 0) is 11.3 Å². The summed E-state index contributed by atoms with van der Waals surface area (Å²) in [7, 11) is 0. The third-order valence-corrected chi connectivity index (χ3v) is 4.82. The average molecular weight is 498 g/mol. The number of benzene rings is 1. The number of carbonyl (C=O) groups excluding carboxylic acids is 2. The third kappa shape index (κ3) is 6.40. The van der Waals surface area contributed by atoms with Crippen molar-refractivity contribution in [2.45, 2.75) is 13.5 Å². The molecule has 33 heavy (non-hydrogen) atoms. The molecule has 0 bridgehead atoms. The molecule has 2 N–H and O–H groups in total. The number of halogens is 2. The third-order valence-electron chi connectivity index (χ3n) is 4.14. The molecule has 0 saturated heterocycles. The van der Waals surface area contributed by atoms with Crippen molar-refractivity contribution in [3.8, 4) is 5.75 Å². The first-order valence-corrected chi connectivity index (χ1v) is 10.1. The normalized spacial score (nSPS) is 10.6. The topological polar surface area (TPSA) is 167 Å². The first-order chi connectivity index (χ1) is 15.7. The van der Waals surface area contributed by atoms with Gasteiger partial charge in [0.15, 0.2) is 17.5 Å². The van der Waals surface area contributed by atoms with E-state index in [4.69, 9.17) is 32.5 Å². The van der Waals surface area contributed by atoms with Crippen LogP contribution < -0.4 is 15.4 Å². The Kier molecular flexibility index (Phi) is 7.79. The van der Waals surface area contributed by atoms with Gasteiger partial charge in [0, 0.05) is 18.1 Å². The SMILES string of the molecule is Cc1c(Cl)c([N+](=O)[O-])nn1Cc1noc(C(=O)NCCNC(=O)COc2cccc(Cl)c2)n1. The Bertz CT molecular complexity index is 1180. The van der Waals surface area contributed by atoms with Crippen LogP contribution in [0.3, 0.4) is 0 Å². The lowest BCUT2D eigenvalue weighted by Crippen LogP contribution is -2.36. The Hall–Kier alpha value is -3.71. The van der Waals surface area contributed by atoms with Gasteiger partial charge in [-0.2, -0.15) is 9.67 Å². The lowest BCUT2D eigenvalue weighted by Gasteiger charge is -2.08. The van der Waals surface area contributed by atoms with E-state index in [2.05, 4.69) is 25.9 Å². The first kappa shape index (κ1) is 23.9. The van der Waals surface area contributed by atoms with E-state index in [0.717, 1.165) is 0 Å². The maximum atomic E-state index is 12.1. The zero-order chi connectivity index (χ0) is 24.0. The molecule has 2 heterocycles. The molecule has 13 nitrogen and oxygen atoms in total. The highest BCUT2D eigenvalue weighted by Gasteiger charge is 2.25. The van der Waals surface area contributed by atoms with E-state index in [1.807, 2.05) is 0 Å². The number of nitrogens with one attached hydrogen (secondary N) is 2. The molecule has 2 aromatic heterocycles. The number of carbonyl (C=O) groups is 2. The van der Waals surface area contributed by atoms with Crippen molar-refractivity contribution in [1.82, 2.24) is 30.6 Å². The van der Waals surface area contributed by atoms with Crippen molar-refractivity contribution in [3.05, 3.63) is 61.8 Å². The summed E-state index contributed by atoms with van der Waals surface area (Å²) >= 11 is 11.7. The van der Waals surface area contributed by atoms with E-state index in [9.17, 15) is 19.7 Å². The van der Waals surface area contributed by atoms with Crippen LogP contribution in [0.25, 0.3) is 0 Å². The number of ether oxygens (including phenoxy) is 1. The number of amides is 2. The summed E-state index contributed by atoms with van der Waals surface area (Å²) in [6.07, 6.45) is 0. The van der Waals surface area contributed by atoms with Gasteiger partial charge >= 0.3 is 17.6 Å². The second-order valence-corrected chi connectivity index (χ2v) is 7.32. The van der Waals surface area contributed by atoms with Crippen molar-refractivity contribution in [3.63, 3.8) is 0 Å². The standard InChI is InChI=1S/C18H17Cl2N7O6/c1-10-15(20)16(27(30)31)24-26(10)8-13-23-18(33-25-13)17(29)22-6-5-21-14(28)9-32-12-4-2-3-11(19)7-12/h2-4,7H,5-6,8-9H2,1H3,(H,21,28)(H,22,29). The second-order valence-electron chi connectivity index (χ2n) is 6.51. The molecule has 3 aromatic rings. The van der Waals surface area contributed by atoms with E-state index in [1.165, 1.54) is 4.68 Å². The van der Waals surface area contributed by atoms with Gasteiger partial charge in [0.2, 0.25) is 0 Å². The van der Waals surface area contributed by atoms with Crippen LogP contribution in [0.2, 0.25) is 10.0 Å². The lowest BCUT2D eigenvalue weighted by atomic mass is 10.3. The van der Waals surface area contributed by atoms with Crippen molar-refractivity contribution in [1.29, 1.82) is 0 Å². The Morgan fingerprint density at radius 1 is 1.27 bits per heavy atom. The van der Waals surface area contributed by atoms with Gasteiger partial charge in [-0.1, -0.05) is 34.4 Å². The van der Waals surface area contributed by atoms with E-state index in [0.29, 0.717) is 16.5 Å². The van der Waals surface area contributed by atoms with E-state index in [-0.39, 0.29) is 48.9 Å². The Balaban J connectivity index is 1.42. The van der Waals surface area contributed by atoms with E-state index < -0.39 is 16.6 Å². The van der Waals surface area contributed by atoms with Gasteiger partial charge in [-0.25, -0.2) is 0 Å². The summed E-state index contributed by atoms with van der Waals surface area (Å²) in [5.41, 5.74) is 0.342. The molecular weight excluding hydrogens is 481 g/mol. The summed E-state index contributed by atoms with van der Waals surface area (Å²) in [4.78, 5) is 38.1. The lowest BCUT2D eigenvalue weighted by molar-refractivity contribution is -0.389. The Morgan fingerprint density at radius 3 is 2.73 bits per heavy atom. The van der Waals surface area contributed by atoms with Crippen molar-refractivity contribution < 1.29 is 23.8 Å². The second kappa shape index (κ2) is 10.7. The molecule has 0 aliphatic carbocycles. The maximum Gasteiger partial charge on any atom is 0.408 e. The Labute approximate surface area is 196 Å². The molecule has 0 unspecified atom stereocenters. The molecule has 1 aromatic carbocycles. The number of hydrogen-bond acceptors (Lipinski definition) is 9. The summed E-state index contributed by atoms with van der Waals surface area (Å²) in [5.74, 6) is -1.31. The minimum absolute atomic E-state index is 0.0729. The fourth-order valence-electron chi connectivity index (χ4n) is 2.53. The molecule has 3 rings (SSSR count). The van der Waals surface area contributed by atoms with Crippen LogP contribution in [0.1, 0.15) is 22.2 Å². The molecule has 2 amide bonds. The van der Waals surface area contributed by atoms with Crippen molar-refractivity contribution >= 4 is 40.8 Å². The van der Waals surface area contributed by atoms with E-state index in [1.54, 1.807) is 31.2 Å². The maximum absolute atomic E-state index is 12.1. The largest absolute Gasteiger partial charge is 0.484 e. The van der Waals surface area contributed by atoms with Gasteiger partial charge < -0.3 is 30.0 Å². The number of nitrogens with zero attached hydrogens (tertiary/aromatic N) is 5. The molecule has 0 spiro atoms. The summed E-state index contributed by atoms with van der Waals surface area (Å²) < 4.78 is 11.4. The van der Waals surface area contributed by atoms with Crippen LogP contribution in [0, 0.1) is 17.0 Å². The quantitative estimate of drug-likeness (QED) is 0.240. The summed E-state index contributed by atoms with van der Waals surface area (Å²) in [6.45, 7) is 1.48. The molecule has 0 atom stereocenters. The van der Waals surface area contributed by atoms with E-state index >= 15 is 0 Å². The zero-order valence-electron chi connectivity index (χ0n) is 17.1. The number of rotatable bonds is 10. The summed E-state index contributed by atoms with van der Waals surface area (Å²) in [6, 6.07) is 6.63. The van der Waals surface area contributed by atoms with Crippen LogP contribution in [-0.4, -0.2) is 56.4 Å². The molecule has 0 saturated carbocycles. The number of aromatic nitrogens is 4. The highest BCUT2D eigenvalue weighted by molar-refractivity contribution is 6.33. The molecular formula is C18H17Cl2N7O6. The van der Waals surface area contributed by atoms with Crippen LogP contribution >= 0.6 is 23.2 Å². The molecule has 0 aliphatic heterocycles. The molecule has 15 heteroatoms. The van der Waals surface area contributed by atoms with Gasteiger partial charge in [-0.3, -0.25) is 9.59 Å². The molecule has 0 aliphatic rings. The van der Waals surface area contributed by atoms with Gasteiger partial charge in [-0.15, -0.1) is 0 Å². The smallest absolute Gasteiger partial charge is 0.408 e. The average Bonchev–Trinajstić information content (AvgIpc) is 3.36. The minimum atomic E-state index is -0.705. The first-order valence-electron chi connectivity index (χ1n) is 9.37.